The Morgan fingerprint density at radius 2 is 2.03 bits per heavy atom. The zero-order valence-electron chi connectivity index (χ0n) is 16.2. The third kappa shape index (κ3) is 6.20. The Labute approximate surface area is 167 Å². The second-order valence-electron chi connectivity index (χ2n) is 6.66. The molecule has 0 spiro atoms. The van der Waals surface area contributed by atoms with Gasteiger partial charge in [0.05, 0.1) is 5.56 Å². The highest BCUT2D eigenvalue weighted by atomic mass is 19.4. The zero-order chi connectivity index (χ0) is 21.4. The molecule has 0 bridgehead atoms. The molecule has 1 fully saturated rings. The van der Waals surface area contributed by atoms with Gasteiger partial charge < -0.3 is 10.0 Å². The number of aliphatic hydroxyl groups is 1. The lowest BCUT2D eigenvalue weighted by atomic mass is 10.1. The summed E-state index contributed by atoms with van der Waals surface area (Å²) < 4.78 is 37.0. The van der Waals surface area contributed by atoms with Crippen LogP contribution in [0.2, 0.25) is 0 Å². The average Bonchev–Trinajstić information content (AvgIpc) is 3.13. The average molecular weight is 402 g/mol. The van der Waals surface area contributed by atoms with E-state index in [9.17, 15) is 13.2 Å². The van der Waals surface area contributed by atoms with Crippen LogP contribution >= 0.6 is 0 Å². The van der Waals surface area contributed by atoms with Crippen molar-refractivity contribution in [2.75, 3.05) is 24.6 Å². The molecule has 1 N–H and O–H groups in total. The Bertz CT molecular complexity index is 941. The lowest BCUT2D eigenvalue weighted by Crippen LogP contribution is -2.22. The molecule has 1 atom stereocenters. The van der Waals surface area contributed by atoms with Gasteiger partial charge >= 0.3 is 6.18 Å². The van der Waals surface area contributed by atoms with Gasteiger partial charge in [0, 0.05) is 30.4 Å². The van der Waals surface area contributed by atoms with Crippen LogP contribution in [0, 0.1) is 36.0 Å². The van der Waals surface area contributed by atoms with Crippen LogP contribution in [-0.2, 0) is 6.18 Å². The lowest BCUT2D eigenvalue weighted by Gasteiger charge is -2.18. The van der Waals surface area contributed by atoms with Crippen LogP contribution in [0.4, 0.5) is 19.0 Å². The van der Waals surface area contributed by atoms with Crippen molar-refractivity contribution in [2.24, 2.45) is 5.92 Å². The highest BCUT2D eigenvalue weighted by Gasteiger charge is 2.32. The summed E-state index contributed by atoms with van der Waals surface area (Å²) >= 11 is 0. The van der Waals surface area contributed by atoms with Crippen LogP contribution < -0.4 is 4.90 Å². The number of nitrogens with zero attached hydrogens (tertiary/aromatic N) is 4. The predicted molar refractivity (Wildman–Crippen MR) is 103 cm³/mol. The van der Waals surface area contributed by atoms with E-state index in [0.717, 1.165) is 30.5 Å². The van der Waals surface area contributed by atoms with Crippen molar-refractivity contribution < 1.29 is 18.3 Å². The number of aryl methyl sites for hydroxylation is 1. The molecule has 3 rings (SSSR count). The molecule has 1 aliphatic heterocycles. The van der Waals surface area contributed by atoms with Gasteiger partial charge in [-0.25, -0.2) is 9.97 Å². The van der Waals surface area contributed by atoms with Crippen LogP contribution in [0.1, 0.15) is 35.9 Å². The fraction of sp³-hybridized carbons (Fsp3) is 0.381. The van der Waals surface area contributed by atoms with Gasteiger partial charge in [-0.05, 0) is 31.4 Å². The van der Waals surface area contributed by atoms with Crippen molar-refractivity contribution in [1.29, 1.82) is 5.26 Å². The van der Waals surface area contributed by atoms with Gasteiger partial charge in [0.1, 0.15) is 18.5 Å². The van der Waals surface area contributed by atoms with Crippen molar-refractivity contribution in [3.63, 3.8) is 0 Å². The van der Waals surface area contributed by atoms with E-state index in [4.69, 9.17) is 10.4 Å². The third-order valence-electron chi connectivity index (χ3n) is 4.30. The second kappa shape index (κ2) is 9.90. The first-order valence-corrected chi connectivity index (χ1v) is 9.01. The fourth-order valence-electron chi connectivity index (χ4n) is 2.91. The maximum absolute atomic E-state index is 12.3. The number of hydrogen-bond donors (Lipinski definition) is 1. The van der Waals surface area contributed by atoms with Crippen LogP contribution in [0.3, 0.4) is 0 Å². The van der Waals surface area contributed by atoms with Crippen LogP contribution in [0.25, 0.3) is 0 Å². The van der Waals surface area contributed by atoms with Crippen molar-refractivity contribution in [3.8, 4) is 17.9 Å². The Hall–Kier alpha value is -3.10. The molecule has 1 aromatic heterocycles. The summed E-state index contributed by atoms with van der Waals surface area (Å²) in [5.41, 5.74) is 0.151. The second-order valence-corrected chi connectivity index (χ2v) is 6.66. The lowest BCUT2D eigenvalue weighted by molar-refractivity contribution is -0.137. The minimum absolute atomic E-state index is 0.117. The number of aromatic nitrogens is 2. The van der Waals surface area contributed by atoms with Crippen LogP contribution in [0.15, 0.2) is 30.5 Å². The number of aliphatic hydroxyl groups excluding tert-OH is 1. The molecule has 1 unspecified atom stereocenters. The summed E-state index contributed by atoms with van der Waals surface area (Å²) in [6.45, 7) is 5.83. The van der Waals surface area contributed by atoms with Crippen LogP contribution in [0.5, 0.6) is 0 Å². The van der Waals surface area contributed by atoms with Gasteiger partial charge in [0.25, 0.3) is 0 Å². The molecule has 8 heteroatoms. The van der Waals surface area contributed by atoms with Gasteiger partial charge in [-0.1, -0.05) is 30.9 Å². The molecular formula is C21H21F3N4O. The molecule has 29 heavy (non-hydrogen) atoms. The monoisotopic (exact) mass is 402 g/mol. The molecule has 1 aromatic carbocycles. The van der Waals surface area contributed by atoms with E-state index < -0.39 is 18.3 Å². The number of alkyl halides is 3. The van der Waals surface area contributed by atoms with Gasteiger partial charge in [-0.15, -0.1) is 0 Å². The zero-order valence-corrected chi connectivity index (χ0v) is 16.2. The van der Waals surface area contributed by atoms with E-state index in [1.165, 1.54) is 24.6 Å². The number of benzene rings is 1. The Balaban J connectivity index is 0.000000208. The molecule has 2 aromatic rings. The number of anilines is 1. The first-order valence-electron chi connectivity index (χ1n) is 9.01. The Morgan fingerprint density at radius 3 is 2.62 bits per heavy atom. The van der Waals surface area contributed by atoms with Crippen molar-refractivity contribution in [3.05, 3.63) is 53.0 Å². The highest BCUT2D eigenvalue weighted by Crippen LogP contribution is 2.31. The maximum Gasteiger partial charge on any atom is 0.417 e. The minimum Gasteiger partial charge on any atom is -0.384 e. The van der Waals surface area contributed by atoms with E-state index in [1.807, 2.05) is 13.0 Å². The predicted octanol–water partition coefficient (Wildman–Crippen LogP) is 3.55. The molecule has 0 amide bonds. The molecule has 0 aliphatic carbocycles. The standard InChI is InChI=1S/C11H14N4.C10H7F3O/c1-8-3-4-15(7-8)11-9(2)6-13-10(5-12)14-11;11-10(12,13)9-6-2-1-4-8(9)5-3-7-14/h6,8H,3-4,7H2,1-2H3;1-2,4,6,14H,7H2. The summed E-state index contributed by atoms with van der Waals surface area (Å²) in [6.07, 6.45) is -1.48. The number of hydrogen-bond acceptors (Lipinski definition) is 5. The number of halogens is 3. The largest absolute Gasteiger partial charge is 0.417 e. The van der Waals surface area contributed by atoms with Crippen molar-refractivity contribution in [2.45, 2.75) is 26.4 Å². The van der Waals surface area contributed by atoms with Gasteiger partial charge in [-0.2, -0.15) is 18.4 Å². The smallest absolute Gasteiger partial charge is 0.384 e. The minimum atomic E-state index is -4.40. The summed E-state index contributed by atoms with van der Waals surface area (Å²) in [7, 11) is 0. The SMILES string of the molecule is Cc1cnc(C#N)nc1N1CCC(C)C1.OCC#Cc1ccccc1C(F)(F)F. The van der Waals surface area contributed by atoms with Crippen LogP contribution in [-0.4, -0.2) is 34.8 Å². The summed E-state index contributed by atoms with van der Waals surface area (Å²) in [5.74, 6) is 6.33. The van der Waals surface area contributed by atoms with E-state index >= 15 is 0 Å². The molecular weight excluding hydrogens is 381 g/mol. The first kappa shape index (κ1) is 22.2. The highest BCUT2D eigenvalue weighted by molar-refractivity contribution is 5.47. The fourth-order valence-corrected chi connectivity index (χ4v) is 2.91. The van der Waals surface area contributed by atoms with Crippen molar-refractivity contribution in [1.82, 2.24) is 9.97 Å². The Morgan fingerprint density at radius 1 is 1.31 bits per heavy atom. The van der Waals surface area contributed by atoms with Gasteiger partial charge in [0.15, 0.2) is 0 Å². The number of rotatable bonds is 1. The third-order valence-corrected chi connectivity index (χ3v) is 4.30. The molecule has 2 heterocycles. The first-order chi connectivity index (χ1) is 13.8. The molecule has 0 saturated carbocycles. The topological polar surface area (TPSA) is 73.0 Å². The molecule has 5 nitrogen and oxygen atoms in total. The quantitative estimate of drug-likeness (QED) is 0.739. The summed E-state index contributed by atoms with van der Waals surface area (Å²) in [6, 6.07) is 6.98. The van der Waals surface area contributed by atoms with E-state index in [1.54, 1.807) is 6.20 Å². The van der Waals surface area contributed by atoms with Crippen molar-refractivity contribution >= 4 is 5.82 Å². The molecule has 1 saturated heterocycles. The van der Waals surface area contributed by atoms with E-state index in [2.05, 4.69) is 33.6 Å². The van der Waals surface area contributed by atoms with E-state index in [0.29, 0.717) is 5.92 Å². The summed E-state index contributed by atoms with van der Waals surface area (Å²) in [5, 5.41) is 17.1. The number of nitriles is 1. The normalized spacial score (nSPS) is 15.6. The molecule has 152 valence electrons. The maximum atomic E-state index is 12.3. The summed E-state index contributed by atoms with van der Waals surface area (Å²) in [4.78, 5) is 10.4. The Kier molecular flexibility index (Phi) is 7.58. The molecule has 1 aliphatic rings. The van der Waals surface area contributed by atoms with E-state index in [-0.39, 0.29) is 11.4 Å². The van der Waals surface area contributed by atoms with Gasteiger partial charge in [-0.3, -0.25) is 0 Å². The van der Waals surface area contributed by atoms with Gasteiger partial charge in [0.2, 0.25) is 5.82 Å². The molecule has 0 radical (unpaired) electrons.